The minimum atomic E-state index is 0.0625. The van der Waals surface area contributed by atoms with Crippen molar-refractivity contribution in [2.24, 2.45) is 11.7 Å². The van der Waals surface area contributed by atoms with Crippen molar-refractivity contribution in [2.45, 2.75) is 51.5 Å². The maximum Gasteiger partial charge on any atom is 0.229 e. The Morgan fingerprint density at radius 1 is 1.38 bits per heavy atom. The van der Waals surface area contributed by atoms with Gasteiger partial charge in [-0.2, -0.15) is 0 Å². The van der Waals surface area contributed by atoms with Crippen molar-refractivity contribution >= 4 is 23.1 Å². The average Bonchev–Trinajstić information content (AvgIpc) is 2.27. The number of amides is 1. The van der Waals surface area contributed by atoms with E-state index in [-0.39, 0.29) is 12.3 Å². The monoisotopic (exact) mass is 242 g/mol. The van der Waals surface area contributed by atoms with E-state index < -0.39 is 0 Å². The van der Waals surface area contributed by atoms with Crippen molar-refractivity contribution in [2.75, 3.05) is 7.05 Å². The van der Waals surface area contributed by atoms with E-state index in [0.29, 0.717) is 11.0 Å². The minimum Gasteiger partial charge on any atom is -0.393 e. The molecule has 0 aliphatic heterocycles. The summed E-state index contributed by atoms with van der Waals surface area (Å²) < 4.78 is 0. The molecule has 0 atom stereocenters. The molecule has 92 valence electrons. The highest BCUT2D eigenvalue weighted by molar-refractivity contribution is 7.80. The van der Waals surface area contributed by atoms with Gasteiger partial charge in [0.2, 0.25) is 5.91 Å². The first kappa shape index (κ1) is 13.4. The Morgan fingerprint density at radius 3 is 2.38 bits per heavy atom. The molecule has 0 radical (unpaired) electrons. The first-order chi connectivity index (χ1) is 7.54. The van der Waals surface area contributed by atoms with Gasteiger partial charge in [-0.15, -0.1) is 0 Å². The van der Waals surface area contributed by atoms with Gasteiger partial charge in [-0.05, 0) is 31.6 Å². The zero-order valence-electron chi connectivity index (χ0n) is 10.2. The average molecular weight is 242 g/mol. The number of carbonyl (C=O) groups excluding carboxylic acids is 1. The van der Waals surface area contributed by atoms with Crippen LogP contribution in [0.5, 0.6) is 0 Å². The van der Waals surface area contributed by atoms with Crippen LogP contribution in [0.3, 0.4) is 0 Å². The Bertz CT molecular complexity index is 260. The van der Waals surface area contributed by atoms with Crippen molar-refractivity contribution in [1.82, 2.24) is 4.90 Å². The van der Waals surface area contributed by atoms with E-state index in [1.165, 1.54) is 19.3 Å². The maximum atomic E-state index is 11.8. The third-order valence-corrected chi connectivity index (χ3v) is 3.80. The molecule has 1 saturated carbocycles. The minimum absolute atomic E-state index is 0.0625. The molecule has 2 N–H and O–H groups in total. The third kappa shape index (κ3) is 3.74. The summed E-state index contributed by atoms with van der Waals surface area (Å²) in [4.78, 5) is 13.9. The predicted molar refractivity (Wildman–Crippen MR) is 70.2 cm³/mol. The third-order valence-electron chi connectivity index (χ3n) is 3.66. The fourth-order valence-electron chi connectivity index (χ4n) is 2.42. The normalized spacial score (nSPS) is 25.1. The van der Waals surface area contributed by atoms with Crippen molar-refractivity contribution in [1.29, 1.82) is 0 Å². The quantitative estimate of drug-likeness (QED) is 0.768. The lowest BCUT2D eigenvalue weighted by Gasteiger charge is -2.34. The Kier molecular flexibility index (Phi) is 5.19. The van der Waals surface area contributed by atoms with Crippen LogP contribution in [0.4, 0.5) is 0 Å². The van der Waals surface area contributed by atoms with Crippen LogP contribution in [0.25, 0.3) is 0 Å². The molecule has 0 aromatic rings. The number of nitrogens with zero attached hydrogens (tertiary/aromatic N) is 1. The highest BCUT2D eigenvalue weighted by Gasteiger charge is 2.25. The van der Waals surface area contributed by atoms with E-state index in [2.05, 4.69) is 6.92 Å². The smallest absolute Gasteiger partial charge is 0.229 e. The molecule has 1 aliphatic rings. The van der Waals surface area contributed by atoms with Crippen LogP contribution in [0.15, 0.2) is 0 Å². The molecule has 1 rings (SSSR count). The van der Waals surface area contributed by atoms with Gasteiger partial charge >= 0.3 is 0 Å². The molecular formula is C12H22N2OS. The fourth-order valence-corrected chi connectivity index (χ4v) is 2.54. The summed E-state index contributed by atoms with van der Waals surface area (Å²) in [5, 5.41) is 0. The Morgan fingerprint density at radius 2 is 1.94 bits per heavy atom. The van der Waals surface area contributed by atoms with E-state index in [1.807, 2.05) is 11.9 Å². The molecule has 0 heterocycles. The number of rotatable bonds is 4. The van der Waals surface area contributed by atoms with E-state index >= 15 is 0 Å². The van der Waals surface area contributed by atoms with Crippen LogP contribution in [0.2, 0.25) is 0 Å². The molecule has 1 amide bonds. The van der Waals surface area contributed by atoms with Gasteiger partial charge in [0.05, 0.1) is 11.4 Å². The topological polar surface area (TPSA) is 46.3 Å². The fraction of sp³-hybridized carbons (Fsp3) is 0.833. The number of thiocarbonyl (C=S) groups is 1. The number of hydrogen-bond donors (Lipinski definition) is 1. The lowest BCUT2D eigenvalue weighted by molar-refractivity contribution is -0.131. The van der Waals surface area contributed by atoms with Crippen molar-refractivity contribution in [3.63, 3.8) is 0 Å². The van der Waals surface area contributed by atoms with Crippen LogP contribution in [-0.4, -0.2) is 28.9 Å². The van der Waals surface area contributed by atoms with Gasteiger partial charge in [-0.3, -0.25) is 4.79 Å². The Labute approximate surface area is 103 Å². The molecule has 1 aliphatic carbocycles. The summed E-state index contributed by atoms with van der Waals surface area (Å²) in [6.45, 7) is 2.24. The Balaban J connectivity index is 2.40. The first-order valence-electron chi connectivity index (χ1n) is 6.08. The summed E-state index contributed by atoms with van der Waals surface area (Å²) >= 11 is 4.76. The summed E-state index contributed by atoms with van der Waals surface area (Å²) in [5.41, 5.74) is 5.39. The molecule has 1 fully saturated rings. The predicted octanol–water partition coefficient (Wildman–Crippen LogP) is 2.09. The molecule has 0 spiro atoms. The van der Waals surface area contributed by atoms with Gasteiger partial charge in [0, 0.05) is 13.1 Å². The van der Waals surface area contributed by atoms with E-state index in [0.717, 1.165) is 18.8 Å². The van der Waals surface area contributed by atoms with Gasteiger partial charge in [0.1, 0.15) is 0 Å². The lowest BCUT2D eigenvalue weighted by Crippen LogP contribution is -2.40. The second-order valence-corrected chi connectivity index (χ2v) is 5.25. The molecular weight excluding hydrogens is 220 g/mol. The van der Waals surface area contributed by atoms with E-state index in [1.54, 1.807) is 0 Å². The van der Waals surface area contributed by atoms with Crippen LogP contribution in [0, 0.1) is 5.92 Å². The molecule has 0 saturated heterocycles. The molecule has 0 aromatic heterocycles. The Hall–Kier alpha value is -0.640. The van der Waals surface area contributed by atoms with Crippen LogP contribution in [-0.2, 0) is 4.79 Å². The van der Waals surface area contributed by atoms with Crippen LogP contribution >= 0.6 is 12.2 Å². The van der Waals surface area contributed by atoms with Crippen LogP contribution in [0.1, 0.15) is 45.4 Å². The number of carbonyl (C=O) groups is 1. The van der Waals surface area contributed by atoms with Gasteiger partial charge < -0.3 is 10.6 Å². The van der Waals surface area contributed by atoms with E-state index in [9.17, 15) is 4.79 Å². The number of nitrogens with two attached hydrogens (primary N) is 1. The molecule has 4 heteroatoms. The standard InChI is InChI=1S/C12H22N2OS/c1-3-9-4-6-10(7-5-9)14(2)12(15)8-11(13)16/h9-10H,3-8H2,1-2H3,(H2,13,16). The van der Waals surface area contributed by atoms with Gasteiger partial charge in [0.15, 0.2) is 0 Å². The van der Waals surface area contributed by atoms with Crippen molar-refractivity contribution in [3.8, 4) is 0 Å². The molecule has 0 bridgehead atoms. The van der Waals surface area contributed by atoms with E-state index in [4.69, 9.17) is 18.0 Å². The summed E-state index contributed by atoms with van der Waals surface area (Å²) in [5.74, 6) is 0.919. The molecule has 16 heavy (non-hydrogen) atoms. The number of hydrogen-bond acceptors (Lipinski definition) is 2. The van der Waals surface area contributed by atoms with Crippen molar-refractivity contribution in [3.05, 3.63) is 0 Å². The maximum absolute atomic E-state index is 11.8. The van der Waals surface area contributed by atoms with Crippen molar-refractivity contribution < 1.29 is 4.79 Å². The zero-order valence-corrected chi connectivity index (χ0v) is 11.1. The van der Waals surface area contributed by atoms with Gasteiger partial charge in [-0.1, -0.05) is 25.6 Å². The summed E-state index contributed by atoms with van der Waals surface area (Å²) in [6, 6.07) is 0.393. The second kappa shape index (κ2) is 6.18. The van der Waals surface area contributed by atoms with Crippen LogP contribution < -0.4 is 5.73 Å². The first-order valence-corrected chi connectivity index (χ1v) is 6.49. The molecule has 0 aromatic carbocycles. The second-order valence-electron chi connectivity index (χ2n) is 4.73. The molecule has 3 nitrogen and oxygen atoms in total. The highest BCUT2D eigenvalue weighted by atomic mass is 32.1. The van der Waals surface area contributed by atoms with Gasteiger partial charge in [0.25, 0.3) is 0 Å². The van der Waals surface area contributed by atoms with Gasteiger partial charge in [-0.25, -0.2) is 0 Å². The molecule has 0 unspecified atom stereocenters. The highest BCUT2D eigenvalue weighted by Crippen LogP contribution is 2.29. The largest absolute Gasteiger partial charge is 0.393 e. The SMILES string of the molecule is CCC1CCC(N(C)C(=O)CC(N)=S)CC1. The summed E-state index contributed by atoms with van der Waals surface area (Å²) in [6.07, 6.45) is 6.20. The zero-order chi connectivity index (χ0) is 12.1. The lowest BCUT2D eigenvalue weighted by atomic mass is 9.84. The summed E-state index contributed by atoms with van der Waals surface area (Å²) in [7, 11) is 1.87.